The molecule has 0 amide bonds. The van der Waals surface area contributed by atoms with Crippen LogP contribution in [0.25, 0.3) is 5.69 Å². The van der Waals surface area contributed by atoms with Crippen LogP contribution in [0.2, 0.25) is 0 Å². The number of fused-ring (bicyclic) bond motifs is 1. The van der Waals surface area contributed by atoms with Gasteiger partial charge in [0.15, 0.2) is 5.82 Å². The van der Waals surface area contributed by atoms with Crippen molar-refractivity contribution in [3.63, 3.8) is 0 Å². The predicted octanol–water partition coefficient (Wildman–Crippen LogP) is 3.99. The zero-order valence-electron chi connectivity index (χ0n) is 19.3. The van der Waals surface area contributed by atoms with Crippen molar-refractivity contribution >= 4 is 0 Å². The van der Waals surface area contributed by atoms with Gasteiger partial charge < -0.3 is 4.74 Å². The molecule has 8 heteroatoms. The molecule has 0 N–H and O–H groups in total. The van der Waals surface area contributed by atoms with Gasteiger partial charge in [0.25, 0.3) is 0 Å². The molecule has 8 nitrogen and oxygen atoms in total. The van der Waals surface area contributed by atoms with Crippen molar-refractivity contribution in [1.82, 2.24) is 34.9 Å². The molecule has 2 aromatic carbocycles. The quantitative estimate of drug-likeness (QED) is 0.430. The van der Waals surface area contributed by atoms with Crippen LogP contribution >= 0.6 is 0 Å². The number of benzene rings is 2. The van der Waals surface area contributed by atoms with Crippen molar-refractivity contribution in [3.05, 3.63) is 83.4 Å². The zero-order valence-corrected chi connectivity index (χ0v) is 19.3. The first-order valence-electron chi connectivity index (χ1n) is 11.5. The highest BCUT2D eigenvalue weighted by atomic mass is 16.5. The third-order valence-corrected chi connectivity index (χ3v) is 6.02. The molecular formula is C25H29N7O. The lowest BCUT2D eigenvalue weighted by Gasteiger charge is -2.35. The summed E-state index contributed by atoms with van der Waals surface area (Å²) in [5.74, 6) is 2.02. The number of rotatable bonds is 7. The normalized spacial score (nSPS) is 16.2. The first kappa shape index (κ1) is 21.3. The van der Waals surface area contributed by atoms with E-state index >= 15 is 0 Å². The Morgan fingerprint density at radius 2 is 1.82 bits per heavy atom. The fourth-order valence-electron chi connectivity index (χ4n) is 4.45. The third-order valence-electron chi connectivity index (χ3n) is 6.02. The molecule has 5 rings (SSSR count). The van der Waals surface area contributed by atoms with Crippen LogP contribution < -0.4 is 4.74 Å². The van der Waals surface area contributed by atoms with Gasteiger partial charge in [-0.2, -0.15) is 5.10 Å². The van der Waals surface area contributed by atoms with E-state index in [0.29, 0.717) is 6.61 Å². The second-order valence-electron chi connectivity index (χ2n) is 8.61. The van der Waals surface area contributed by atoms with Crippen LogP contribution in [0.4, 0.5) is 0 Å². The molecule has 170 valence electrons. The van der Waals surface area contributed by atoms with Crippen molar-refractivity contribution in [3.8, 4) is 11.4 Å². The number of hydrogen-bond acceptors (Lipinski definition) is 6. The Morgan fingerprint density at radius 1 is 1.03 bits per heavy atom. The van der Waals surface area contributed by atoms with Crippen LogP contribution in [0.5, 0.6) is 5.75 Å². The summed E-state index contributed by atoms with van der Waals surface area (Å²) in [6.07, 6.45) is 2.14. The molecule has 4 aromatic rings. The number of hydrogen-bond donors (Lipinski definition) is 0. The van der Waals surface area contributed by atoms with Crippen LogP contribution in [0.15, 0.2) is 60.8 Å². The van der Waals surface area contributed by atoms with Gasteiger partial charge in [0.05, 0.1) is 24.5 Å². The van der Waals surface area contributed by atoms with Crippen LogP contribution in [-0.4, -0.2) is 48.0 Å². The fraction of sp³-hybridized carbons (Fsp3) is 0.360. The molecule has 0 spiro atoms. The third kappa shape index (κ3) is 4.26. The van der Waals surface area contributed by atoms with E-state index in [-0.39, 0.29) is 12.0 Å². The Balaban J connectivity index is 1.54. The molecular weight excluding hydrogens is 414 g/mol. The SMILES string of the molecule is CCOc1ccc(CN2CCn3nnnc3C2c2cn(-c3ccccc3)nc2C(C)C)cc1. The molecule has 1 unspecified atom stereocenters. The van der Waals surface area contributed by atoms with Gasteiger partial charge in [0.2, 0.25) is 0 Å². The molecule has 0 aliphatic carbocycles. The van der Waals surface area contributed by atoms with Gasteiger partial charge in [0, 0.05) is 24.8 Å². The lowest BCUT2D eigenvalue weighted by atomic mass is 9.97. The Hall–Kier alpha value is -3.52. The van der Waals surface area contributed by atoms with Crippen molar-refractivity contribution in [1.29, 1.82) is 0 Å². The standard InChI is InChI=1S/C25H29N7O/c1-4-33-21-12-10-19(11-13-21)16-30-14-15-31-25(26-28-29-31)24(30)22-17-32(27-23(22)18(2)3)20-8-6-5-7-9-20/h5-13,17-18,24H,4,14-16H2,1-3H3. The summed E-state index contributed by atoms with van der Waals surface area (Å²) in [6.45, 7) is 9.44. The van der Waals surface area contributed by atoms with Gasteiger partial charge in [-0.1, -0.05) is 44.2 Å². The molecule has 0 saturated carbocycles. The summed E-state index contributed by atoms with van der Waals surface area (Å²) in [4.78, 5) is 2.44. The minimum absolute atomic E-state index is 0.0739. The van der Waals surface area contributed by atoms with Gasteiger partial charge >= 0.3 is 0 Å². The largest absolute Gasteiger partial charge is 0.494 e. The molecule has 1 aliphatic heterocycles. The van der Waals surface area contributed by atoms with Gasteiger partial charge in [-0.3, -0.25) is 4.90 Å². The van der Waals surface area contributed by atoms with E-state index in [1.165, 1.54) is 5.56 Å². The van der Waals surface area contributed by atoms with Crippen molar-refractivity contribution in [2.75, 3.05) is 13.2 Å². The predicted molar refractivity (Wildman–Crippen MR) is 125 cm³/mol. The molecule has 2 aromatic heterocycles. The van der Waals surface area contributed by atoms with Crippen molar-refractivity contribution in [2.24, 2.45) is 0 Å². The van der Waals surface area contributed by atoms with Crippen LogP contribution in [0, 0.1) is 0 Å². The Bertz CT molecular complexity index is 1200. The van der Waals surface area contributed by atoms with Crippen molar-refractivity contribution in [2.45, 2.75) is 45.8 Å². The summed E-state index contributed by atoms with van der Waals surface area (Å²) in [5, 5.41) is 17.6. The minimum atomic E-state index is -0.0739. The topological polar surface area (TPSA) is 73.9 Å². The van der Waals surface area contributed by atoms with E-state index in [1.54, 1.807) is 0 Å². The number of tetrazole rings is 1. The summed E-state index contributed by atoms with van der Waals surface area (Å²) in [5.41, 5.74) is 4.48. The van der Waals surface area contributed by atoms with E-state index in [9.17, 15) is 0 Å². The van der Waals surface area contributed by atoms with E-state index in [1.807, 2.05) is 46.6 Å². The van der Waals surface area contributed by atoms with Gasteiger partial charge in [-0.15, -0.1) is 5.10 Å². The lowest BCUT2D eigenvalue weighted by Crippen LogP contribution is -2.39. The Labute approximate surface area is 193 Å². The maximum Gasteiger partial charge on any atom is 0.173 e. The molecule has 3 heterocycles. The summed E-state index contributed by atoms with van der Waals surface area (Å²) >= 11 is 0. The maximum absolute atomic E-state index is 5.61. The van der Waals surface area contributed by atoms with Crippen LogP contribution in [-0.2, 0) is 13.1 Å². The maximum atomic E-state index is 5.61. The Kier molecular flexibility index (Phi) is 5.92. The Morgan fingerprint density at radius 3 is 2.55 bits per heavy atom. The summed E-state index contributed by atoms with van der Waals surface area (Å²) < 4.78 is 9.50. The van der Waals surface area contributed by atoms with E-state index in [4.69, 9.17) is 9.84 Å². The highest BCUT2D eigenvalue weighted by Crippen LogP contribution is 2.36. The summed E-state index contributed by atoms with van der Waals surface area (Å²) in [6, 6.07) is 18.5. The molecule has 0 fully saturated rings. The summed E-state index contributed by atoms with van der Waals surface area (Å²) in [7, 11) is 0. The smallest absolute Gasteiger partial charge is 0.173 e. The number of para-hydroxylation sites is 1. The van der Waals surface area contributed by atoms with Gasteiger partial charge in [-0.05, 0) is 53.1 Å². The minimum Gasteiger partial charge on any atom is -0.494 e. The molecule has 1 atom stereocenters. The molecule has 33 heavy (non-hydrogen) atoms. The van der Waals surface area contributed by atoms with E-state index < -0.39 is 0 Å². The lowest BCUT2D eigenvalue weighted by molar-refractivity contribution is 0.163. The van der Waals surface area contributed by atoms with Gasteiger partial charge in [-0.25, -0.2) is 9.36 Å². The average molecular weight is 444 g/mol. The first-order valence-corrected chi connectivity index (χ1v) is 11.5. The van der Waals surface area contributed by atoms with E-state index in [0.717, 1.165) is 48.2 Å². The second-order valence-corrected chi connectivity index (χ2v) is 8.61. The average Bonchev–Trinajstić information content (AvgIpc) is 3.49. The highest BCUT2D eigenvalue weighted by Gasteiger charge is 2.35. The fourth-order valence-corrected chi connectivity index (χ4v) is 4.45. The second kappa shape index (κ2) is 9.15. The van der Waals surface area contributed by atoms with E-state index in [2.05, 4.69) is 64.7 Å². The van der Waals surface area contributed by atoms with Crippen LogP contribution in [0.1, 0.15) is 55.4 Å². The molecule has 0 bridgehead atoms. The van der Waals surface area contributed by atoms with Gasteiger partial charge in [0.1, 0.15) is 11.8 Å². The zero-order chi connectivity index (χ0) is 22.8. The number of aromatic nitrogens is 6. The highest BCUT2D eigenvalue weighted by molar-refractivity contribution is 5.37. The first-order chi connectivity index (χ1) is 16.1. The molecule has 0 radical (unpaired) electrons. The van der Waals surface area contributed by atoms with Crippen LogP contribution in [0.3, 0.4) is 0 Å². The van der Waals surface area contributed by atoms with Crippen molar-refractivity contribution < 1.29 is 4.74 Å². The molecule has 0 saturated heterocycles. The number of nitrogens with zero attached hydrogens (tertiary/aromatic N) is 7. The number of ether oxygens (including phenoxy) is 1. The monoisotopic (exact) mass is 443 g/mol. The molecule has 1 aliphatic rings.